The summed E-state index contributed by atoms with van der Waals surface area (Å²) in [7, 11) is 0. The molecule has 1 N–H and O–H groups in total. The lowest BCUT2D eigenvalue weighted by atomic mass is 10.3. The first-order valence-electron chi connectivity index (χ1n) is 6.71. The lowest BCUT2D eigenvalue weighted by Gasteiger charge is -2.12. The molecule has 3 nitrogen and oxygen atoms in total. The molecule has 0 amide bonds. The fraction of sp³-hybridized carbons (Fsp3) is 0.333. The number of halogens is 3. The zero-order valence-corrected chi connectivity index (χ0v) is 11.7. The maximum atomic E-state index is 12.1. The van der Waals surface area contributed by atoms with Gasteiger partial charge in [0.05, 0.1) is 6.54 Å². The molecule has 0 saturated heterocycles. The molecule has 114 valence electrons. The smallest absolute Gasteiger partial charge is 0.406 e. The first-order valence-corrected chi connectivity index (χ1v) is 6.71. The second kappa shape index (κ2) is 6.56. The first kappa shape index (κ1) is 15.3. The van der Waals surface area contributed by atoms with Gasteiger partial charge in [0.15, 0.2) is 0 Å². The van der Waals surface area contributed by atoms with Crippen LogP contribution in [0.2, 0.25) is 0 Å². The summed E-state index contributed by atoms with van der Waals surface area (Å²) in [5, 5.41) is 3.18. The highest BCUT2D eigenvalue weighted by Crippen LogP contribution is 2.24. The van der Waals surface area contributed by atoms with Crippen molar-refractivity contribution in [3.8, 4) is 5.75 Å². The van der Waals surface area contributed by atoms with Crippen molar-refractivity contribution in [2.45, 2.75) is 32.8 Å². The zero-order valence-electron chi connectivity index (χ0n) is 11.7. The molecule has 21 heavy (non-hydrogen) atoms. The quantitative estimate of drug-likeness (QED) is 0.855. The summed E-state index contributed by atoms with van der Waals surface area (Å²) >= 11 is 0. The molecule has 0 saturated carbocycles. The minimum atomic E-state index is -4.66. The Kier molecular flexibility index (Phi) is 4.77. The number of aromatic nitrogens is 1. The van der Waals surface area contributed by atoms with Gasteiger partial charge in [-0.05, 0) is 42.8 Å². The Morgan fingerprint density at radius 2 is 1.86 bits per heavy atom. The third-order valence-corrected chi connectivity index (χ3v) is 2.95. The predicted octanol–water partition coefficient (Wildman–Crippen LogP) is 4.41. The maximum Gasteiger partial charge on any atom is 0.573 e. The van der Waals surface area contributed by atoms with Crippen molar-refractivity contribution in [3.63, 3.8) is 0 Å². The number of anilines is 1. The van der Waals surface area contributed by atoms with Crippen LogP contribution in [0.5, 0.6) is 5.75 Å². The van der Waals surface area contributed by atoms with Gasteiger partial charge >= 0.3 is 6.36 Å². The van der Waals surface area contributed by atoms with Crippen molar-refractivity contribution in [2.24, 2.45) is 0 Å². The summed E-state index contributed by atoms with van der Waals surface area (Å²) in [5.41, 5.74) is 1.88. The van der Waals surface area contributed by atoms with Crippen molar-refractivity contribution in [3.05, 3.63) is 48.3 Å². The van der Waals surface area contributed by atoms with E-state index in [0.29, 0.717) is 6.54 Å². The van der Waals surface area contributed by atoms with Crippen molar-refractivity contribution in [2.75, 3.05) is 5.32 Å². The minimum Gasteiger partial charge on any atom is -0.406 e. The average molecular weight is 298 g/mol. The normalized spacial score (nSPS) is 11.4. The molecule has 1 aromatic heterocycles. The lowest BCUT2D eigenvalue weighted by molar-refractivity contribution is -0.274. The van der Waals surface area contributed by atoms with E-state index in [-0.39, 0.29) is 5.75 Å². The van der Waals surface area contributed by atoms with Crippen LogP contribution in [0.3, 0.4) is 0 Å². The van der Waals surface area contributed by atoms with Gasteiger partial charge in [0.25, 0.3) is 0 Å². The number of alkyl halides is 3. The van der Waals surface area contributed by atoms with Crippen LogP contribution < -0.4 is 10.1 Å². The van der Waals surface area contributed by atoms with Crippen LogP contribution in [0.4, 0.5) is 18.9 Å². The average Bonchev–Trinajstić information content (AvgIpc) is 2.84. The number of rotatable bonds is 6. The Morgan fingerprint density at radius 3 is 2.48 bits per heavy atom. The Balaban J connectivity index is 1.93. The predicted molar refractivity (Wildman–Crippen MR) is 75.2 cm³/mol. The SMILES string of the molecule is CCCn1cccc1CNc1ccc(OC(F)(F)F)cc1. The number of hydrogen-bond acceptors (Lipinski definition) is 2. The monoisotopic (exact) mass is 298 g/mol. The maximum absolute atomic E-state index is 12.1. The molecule has 0 aliphatic carbocycles. The van der Waals surface area contributed by atoms with E-state index < -0.39 is 6.36 Å². The fourth-order valence-corrected chi connectivity index (χ4v) is 2.04. The van der Waals surface area contributed by atoms with Crippen molar-refractivity contribution in [1.82, 2.24) is 4.57 Å². The molecule has 0 aliphatic rings. The summed E-state index contributed by atoms with van der Waals surface area (Å²) in [4.78, 5) is 0. The number of nitrogens with one attached hydrogen (secondary N) is 1. The van der Waals surface area contributed by atoms with E-state index >= 15 is 0 Å². The molecule has 0 spiro atoms. The van der Waals surface area contributed by atoms with Crippen molar-refractivity contribution >= 4 is 5.69 Å². The summed E-state index contributed by atoms with van der Waals surface area (Å²) < 4.78 is 42.1. The van der Waals surface area contributed by atoms with E-state index in [1.807, 2.05) is 18.3 Å². The molecule has 1 heterocycles. The van der Waals surface area contributed by atoms with Gasteiger partial charge in [-0.25, -0.2) is 0 Å². The Labute approximate surface area is 121 Å². The van der Waals surface area contributed by atoms with E-state index in [1.54, 1.807) is 12.1 Å². The van der Waals surface area contributed by atoms with Crippen LogP contribution in [0.1, 0.15) is 19.0 Å². The van der Waals surface area contributed by atoms with Crippen molar-refractivity contribution < 1.29 is 17.9 Å². The Morgan fingerprint density at radius 1 is 1.14 bits per heavy atom. The summed E-state index contributed by atoms with van der Waals surface area (Å²) in [6.45, 7) is 3.67. The molecule has 0 radical (unpaired) electrons. The van der Waals surface area contributed by atoms with Gasteiger partial charge in [0, 0.05) is 24.1 Å². The van der Waals surface area contributed by atoms with Gasteiger partial charge in [-0.2, -0.15) is 0 Å². The standard InChI is InChI=1S/C15H17F3N2O/c1-2-9-20-10-3-4-13(20)11-19-12-5-7-14(8-6-12)21-15(16,17)18/h3-8,10,19H,2,9,11H2,1H3. The summed E-state index contributed by atoms with van der Waals surface area (Å²) in [6, 6.07) is 9.71. The van der Waals surface area contributed by atoms with Crippen LogP contribution in [0.15, 0.2) is 42.6 Å². The minimum absolute atomic E-state index is 0.220. The van der Waals surface area contributed by atoms with Gasteiger partial charge in [0.1, 0.15) is 5.75 Å². The molecule has 0 unspecified atom stereocenters. The number of nitrogens with zero attached hydrogens (tertiary/aromatic N) is 1. The van der Waals surface area contributed by atoms with Gasteiger partial charge < -0.3 is 14.6 Å². The van der Waals surface area contributed by atoms with Gasteiger partial charge in [-0.1, -0.05) is 6.92 Å². The van der Waals surface area contributed by atoms with E-state index in [1.165, 1.54) is 12.1 Å². The Bertz CT molecular complexity index is 561. The van der Waals surface area contributed by atoms with Crippen LogP contribution in [0, 0.1) is 0 Å². The van der Waals surface area contributed by atoms with Gasteiger partial charge in [-0.15, -0.1) is 13.2 Å². The van der Waals surface area contributed by atoms with Crippen LogP contribution in [-0.2, 0) is 13.1 Å². The lowest BCUT2D eigenvalue weighted by Crippen LogP contribution is -2.17. The second-order valence-corrected chi connectivity index (χ2v) is 4.62. The number of hydrogen-bond donors (Lipinski definition) is 1. The number of ether oxygens (including phenoxy) is 1. The molecule has 0 aliphatic heterocycles. The molecule has 2 rings (SSSR count). The second-order valence-electron chi connectivity index (χ2n) is 4.62. The van der Waals surface area contributed by atoms with Gasteiger partial charge in [-0.3, -0.25) is 0 Å². The summed E-state index contributed by atoms with van der Waals surface area (Å²) in [6.07, 6.45) is -1.60. The molecule has 0 bridgehead atoms. The van der Waals surface area contributed by atoms with Crippen LogP contribution >= 0.6 is 0 Å². The molecule has 0 fully saturated rings. The van der Waals surface area contributed by atoms with E-state index in [0.717, 1.165) is 24.3 Å². The van der Waals surface area contributed by atoms with Crippen LogP contribution in [-0.4, -0.2) is 10.9 Å². The molecule has 0 atom stereocenters. The third-order valence-electron chi connectivity index (χ3n) is 2.95. The first-order chi connectivity index (χ1) is 9.98. The number of aryl methyl sites for hydroxylation is 1. The van der Waals surface area contributed by atoms with Crippen LogP contribution in [0.25, 0.3) is 0 Å². The highest BCUT2D eigenvalue weighted by atomic mass is 19.4. The molecule has 2 aromatic rings. The van der Waals surface area contributed by atoms with E-state index in [4.69, 9.17) is 0 Å². The van der Waals surface area contributed by atoms with E-state index in [2.05, 4.69) is 21.5 Å². The molecule has 6 heteroatoms. The zero-order chi connectivity index (χ0) is 15.3. The number of benzene rings is 1. The highest BCUT2D eigenvalue weighted by Gasteiger charge is 2.30. The molecular formula is C15H17F3N2O. The molecule has 1 aromatic carbocycles. The Hall–Kier alpha value is -2.11. The molecular weight excluding hydrogens is 281 g/mol. The third kappa shape index (κ3) is 4.73. The van der Waals surface area contributed by atoms with Crippen molar-refractivity contribution in [1.29, 1.82) is 0 Å². The van der Waals surface area contributed by atoms with Gasteiger partial charge in [0.2, 0.25) is 0 Å². The van der Waals surface area contributed by atoms with E-state index in [9.17, 15) is 13.2 Å². The highest BCUT2D eigenvalue weighted by molar-refractivity contribution is 5.46. The topological polar surface area (TPSA) is 26.2 Å². The summed E-state index contributed by atoms with van der Waals surface area (Å²) in [5.74, 6) is -0.220. The fourth-order valence-electron chi connectivity index (χ4n) is 2.04. The largest absolute Gasteiger partial charge is 0.573 e.